The lowest BCUT2D eigenvalue weighted by Crippen LogP contribution is -2.50. The summed E-state index contributed by atoms with van der Waals surface area (Å²) >= 11 is 0. The normalized spacial score (nSPS) is 20.1. The number of nitrogens with zero attached hydrogens (tertiary/aromatic N) is 1. The lowest BCUT2D eigenvalue weighted by Gasteiger charge is -2.29. The van der Waals surface area contributed by atoms with Gasteiger partial charge in [-0.25, -0.2) is 0 Å². The molecule has 3 rings (SSSR count). The number of nitrogens with two attached hydrogens (primary N) is 1. The summed E-state index contributed by atoms with van der Waals surface area (Å²) < 4.78 is 0. The summed E-state index contributed by atoms with van der Waals surface area (Å²) in [6.45, 7) is 1.13. The van der Waals surface area contributed by atoms with Gasteiger partial charge < -0.3 is 5.73 Å². The van der Waals surface area contributed by atoms with Crippen LogP contribution >= 0.6 is 0 Å². The van der Waals surface area contributed by atoms with Crippen LogP contribution in [0.4, 0.5) is 0 Å². The Labute approximate surface area is 144 Å². The second-order valence-electron chi connectivity index (χ2n) is 6.23. The van der Waals surface area contributed by atoms with Crippen LogP contribution in [-0.2, 0) is 27.5 Å². The van der Waals surface area contributed by atoms with Crippen LogP contribution in [0.15, 0.2) is 18.2 Å². The molecule has 1 unspecified atom stereocenters. The third-order valence-electron chi connectivity index (χ3n) is 4.53. The van der Waals surface area contributed by atoms with E-state index >= 15 is 0 Å². The highest BCUT2D eigenvalue weighted by Gasteiger charge is 2.35. The third kappa shape index (κ3) is 3.59. The summed E-state index contributed by atoms with van der Waals surface area (Å²) in [4.78, 5) is 49.3. The van der Waals surface area contributed by atoms with Gasteiger partial charge in [0.05, 0.1) is 6.04 Å². The van der Waals surface area contributed by atoms with Gasteiger partial charge in [-0.2, -0.15) is 0 Å². The number of amides is 4. The Bertz CT molecular complexity index is 746. The fourth-order valence-electron chi connectivity index (χ4n) is 3.30. The zero-order valence-corrected chi connectivity index (χ0v) is 13.7. The van der Waals surface area contributed by atoms with Gasteiger partial charge in [0.15, 0.2) is 0 Å². The molecule has 25 heavy (non-hydrogen) atoms. The minimum absolute atomic E-state index is 0.0865. The number of nitrogens with one attached hydrogen (secondary N) is 2. The van der Waals surface area contributed by atoms with Gasteiger partial charge in [0.25, 0.3) is 5.91 Å². The Morgan fingerprint density at radius 1 is 1.28 bits per heavy atom. The van der Waals surface area contributed by atoms with E-state index in [1.807, 2.05) is 11.0 Å². The zero-order chi connectivity index (χ0) is 18.0. The number of imide groups is 2. The van der Waals surface area contributed by atoms with Crippen LogP contribution in [0.2, 0.25) is 0 Å². The maximum atomic E-state index is 12.4. The molecule has 1 fully saturated rings. The van der Waals surface area contributed by atoms with Gasteiger partial charge >= 0.3 is 0 Å². The summed E-state index contributed by atoms with van der Waals surface area (Å²) in [6.07, 6.45) is 0.864. The van der Waals surface area contributed by atoms with Crippen LogP contribution in [-0.4, -0.2) is 41.1 Å². The highest BCUT2D eigenvalue weighted by atomic mass is 16.2. The van der Waals surface area contributed by atoms with Crippen LogP contribution in [0, 0.1) is 0 Å². The molecular formula is C17H20N4O4. The topological polar surface area (TPSA) is 122 Å². The van der Waals surface area contributed by atoms with Gasteiger partial charge in [-0.3, -0.25) is 34.7 Å². The average molecular weight is 344 g/mol. The Morgan fingerprint density at radius 2 is 2.08 bits per heavy atom. The van der Waals surface area contributed by atoms with Crippen molar-refractivity contribution in [3.8, 4) is 0 Å². The van der Waals surface area contributed by atoms with Crippen molar-refractivity contribution in [1.82, 2.24) is 15.5 Å². The minimum Gasteiger partial charge on any atom is -0.330 e. The van der Waals surface area contributed by atoms with E-state index in [0.29, 0.717) is 31.5 Å². The standard InChI is InChI=1S/C17H20N4O4/c18-7-6-15(23)19-16(24)11-3-1-2-10-8-21(9-12(10)11)13-4-5-14(22)20-17(13)25/h1-3,13H,4-9,18H2,(H,19,23,24)(H,20,22,25). The second-order valence-corrected chi connectivity index (χ2v) is 6.23. The SMILES string of the molecule is NCCC(=O)NC(=O)c1cccc2c1CN(C1CCC(=O)NC1=O)C2. The van der Waals surface area contributed by atoms with Crippen molar-refractivity contribution < 1.29 is 19.2 Å². The first kappa shape index (κ1) is 17.2. The van der Waals surface area contributed by atoms with Crippen LogP contribution in [0.3, 0.4) is 0 Å². The molecule has 1 saturated heterocycles. The van der Waals surface area contributed by atoms with E-state index < -0.39 is 11.8 Å². The molecule has 2 heterocycles. The molecule has 132 valence electrons. The fraction of sp³-hybridized carbons (Fsp3) is 0.412. The smallest absolute Gasteiger partial charge is 0.258 e. The molecule has 0 radical (unpaired) electrons. The van der Waals surface area contributed by atoms with Crippen LogP contribution in [0.1, 0.15) is 40.7 Å². The van der Waals surface area contributed by atoms with Gasteiger partial charge in [0, 0.05) is 38.0 Å². The number of rotatable bonds is 4. The van der Waals surface area contributed by atoms with Gasteiger partial charge in [-0.15, -0.1) is 0 Å². The lowest BCUT2D eigenvalue weighted by atomic mass is 10.0. The van der Waals surface area contributed by atoms with E-state index in [4.69, 9.17) is 5.73 Å². The minimum atomic E-state index is -0.458. The van der Waals surface area contributed by atoms with Gasteiger partial charge in [-0.05, 0) is 23.6 Å². The molecule has 8 heteroatoms. The molecule has 4 N–H and O–H groups in total. The number of hydrogen-bond donors (Lipinski definition) is 3. The van der Waals surface area contributed by atoms with Crippen molar-refractivity contribution in [2.45, 2.75) is 38.4 Å². The van der Waals surface area contributed by atoms with E-state index in [1.54, 1.807) is 12.1 Å². The predicted molar refractivity (Wildman–Crippen MR) is 88.0 cm³/mol. The van der Waals surface area contributed by atoms with Gasteiger partial charge in [0.1, 0.15) is 0 Å². The van der Waals surface area contributed by atoms with E-state index in [0.717, 1.165) is 11.1 Å². The van der Waals surface area contributed by atoms with Gasteiger partial charge in [0.2, 0.25) is 17.7 Å². The number of benzene rings is 1. The van der Waals surface area contributed by atoms with Crippen molar-refractivity contribution in [2.75, 3.05) is 6.54 Å². The molecule has 0 spiro atoms. The average Bonchev–Trinajstić information content (AvgIpc) is 2.98. The Kier molecular flexibility index (Phi) is 4.91. The van der Waals surface area contributed by atoms with Crippen molar-refractivity contribution in [3.63, 3.8) is 0 Å². The molecule has 8 nitrogen and oxygen atoms in total. The molecule has 0 bridgehead atoms. The number of fused-ring (bicyclic) bond motifs is 1. The van der Waals surface area contributed by atoms with Crippen molar-refractivity contribution in [2.24, 2.45) is 5.73 Å². The molecule has 1 aromatic rings. The maximum Gasteiger partial charge on any atom is 0.258 e. The first-order valence-corrected chi connectivity index (χ1v) is 8.22. The fourth-order valence-corrected chi connectivity index (χ4v) is 3.30. The molecule has 0 saturated carbocycles. The summed E-state index contributed by atoms with van der Waals surface area (Å²) in [5.74, 6) is -1.42. The quantitative estimate of drug-likeness (QED) is 0.628. The maximum absolute atomic E-state index is 12.4. The van der Waals surface area contributed by atoms with Crippen molar-refractivity contribution in [1.29, 1.82) is 0 Å². The van der Waals surface area contributed by atoms with E-state index in [1.165, 1.54) is 0 Å². The molecule has 2 aliphatic rings. The summed E-state index contributed by atoms with van der Waals surface area (Å²) in [7, 11) is 0. The molecular weight excluding hydrogens is 324 g/mol. The highest BCUT2D eigenvalue weighted by Crippen LogP contribution is 2.29. The number of carbonyl (C=O) groups is 4. The van der Waals surface area contributed by atoms with Crippen LogP contribution in [0.5, 0.6) is 0 Å². The first-order valence-electron chi connectivity index (χ1n) is 8.22. The number of carbonyl (C=O) groups excluding carboxylic acids is 4. The summed E-state index contributed by atoms with van der Waals surface area (Å²) in [5, 5.41) is 4.69. The number of piperidine rings is 1. The van der Waals surface area contributed by atoms with E-state index in [-0.39, 0.29) is 30.8 Å². The molecule has 0 aromatic heterocycles. The van der Waals surface area contributed by atoms with Crippen LogP contribution < -0.4 is 16.4 Å². The summed E-state index contributed by atoms with van der Waals surface area (Å²) in [5.41, 5.74) is 7.50. The zero-order valence-electron chi connectivity index (χ0n) is 13.7. The van der Waals surface area contributed by atoms with Crippen molar-refractivity contribution in [3.05, 3.63) is 34.9 Å². The molecule has 0 aliphatic carbocycles. The highest BCUT2D eigenvalue weighted by molar-refractivity contribution is 6.06. The second kappa shape index (κ2) is 7.12. The van der Waals surface area contributed by atoms with E-state index in [2.05, 4.69) is 10.6 Å². The summed E-state index contributed by atoms with van der Waals surface area (Å²) in [6, 6.07) is 4.94. The molecule has 1 aromatic carbocycles. The first-order chi connectivity index (χ1) is 12.0. The Hall–Kier alpha value is -2.58. The van der Waals surface area contributed by atoms with Gasteiger partial charge in [-0.1, -0.05) is 12.1 Å². The molecule has 1 atom stereocenters. The molecule has 2 aliphatic heterocycles. The Morgan fingerprint density at radius 3 is 2.80 bits per heavy atom. The van der Waals surface area contributed by atoms with E-state index in [9.17, 15) is 19.2 Å². The predicted octanol–water partition coefficient (Wildman–Crippen LogP) is -0.587. The monoisotopic (exact) mass is 344 g/mol. The third-order valence-corrected chi connectivity index (χ3v) is 4.53. The number of hydrogen-bond acceptors (Lipinski definition) is 6. The van der Waals surface area contributed by atoms with Crippen molar-refractivity contribution >= 4 is 23.6 Å². The lowest BCUT2D eigenvalue weighted by molar-refractivity contribution is -0.137. The largest absolute Gasteiger partial charge is 0.330 e. The molecule has 4 amide bonds. The Balaban J connectivity index is 1.75. The van der Waals surface area contributed by atoms with Crippen LogP contribution in [0.25, 0.3) is 0 Å².